The van der Waals surface area contributed by atoms with Crippen LogP contribution in [-0.4, -0.2) is 37.9 Å². The van der Waals surface area contributed by atoms with Crippen molar-refractivity contribution in [2.45, 2.75) is 65.1 Å². The summed E-state index contributed by atoms with van der Waals surface area (Å²) in [5, 5.41) is 3.36. The van der Waals surface area contributed by atoms with Crippen molar-refractivity contribution >= 4 is 23.2 Å². The molecule has 26 heavy (non-hydrogen) atoms. The summed E-state index contributed by atoms with van der Waals surface area (Å²) in [5.74, 6) is 0.405. The van der Waals surface area contributed by atoms with E-state index in [9.17, 15) is 4.79 Å². The third-order valence-electron chi connectivity index (χ3n) is 4.03. The van der Waals surface area contributed by atoms with Crippen LogP contribution in [0.3, 0.4) is 0 Å². The fraction of sp³-hybridized carbons (Fsp3) is 0.650. The van der Waals surface area contributed by atoms with Crippen LogP contribution in [0.4, 0.5) is 5.69 Å². The van der Waals surface area contributed by atoms with Crippen LogP contribution in [0.15, 0.2) is 18.2 Å². The topological polar surface area (TPSA) is 56.8 Å². The third-order valence-corrected chi connectivity index (χ3v) is 4.33. The van der Waals surface area contributed by atoms with E-state index in [1.165, 1.54) is 0 Å². The summed E-state index contributed by atoms with van der Waals surface area (Å²) >= 11 is 6.29. The molecule has 1 amide bonds. The minimum Gasteiger partial charge on any atom is -0.487 e. The lowest BCUT2D eigenvalue weighted by Gasteiger charge is -2.28. The summed E-state index contributed by atoms with van der Waals surface area (Å²) in [4.78, 5) is 12.8. The summed E-state index contributed by atoms with van der Waals surface area (Å²) in [7, 11) is 1.62. The molecule has 2 unspecified atom stereocenters. The summed E-state index contributed by atoms with van der Waals surface area (Å²) in [6.45, 7) is 8.90. The molecule has 0 heterocycles. The molecule has 1 aromatic carbocycles. The van der Waals surface area contributed by atoms with E-state index in [1.54, 1.807) is 25.3 Å². The second-order valence-electron chi connectivity index (χ2n) is 6.67. The van der Waals surface area contributed by atoms with Gasteiger partial charge < -0.3 is 19.5 Å². The first-order chi connectivity index (χ1) is 12.4. The van der Waals surface area contributed by atoms with Crippen molar-refractivity contribution < 1.29 is 19.0 Å². The van der Waals surface area contributed by atoms with Gasteiger partial charge in [-0.25, -0.2) is 0 Å². The van der Waals surface area contributed by atoms with Crippen LogP contribution in [-0.2, 0) is 14.3 Å². The number of ether oxygens (including phenoxy) is 3. The third kappa shape index (κ3) is 7.14. The van der Waals surface area contributed by atoms with Crippen molar-refractivity contribution in [2.24, 2.45) is 0 Å². The molecule has 0 bridgehead atoms. The second kappa shape index (κ2) is 11.4. The molecule has 1 N–H and O–H groups in total. The molecule has 2 atom stereocenters. The lowest BCUT2D eigenvalue weighted by molar-refractivity contribution is -0.140. The highest BCUT2D eigenvalue weighted by Gasteiger charge is 2.33. The minimum absolute atomic E-state index is 0.113. The van der Waals surface area contributed by atoms with E-state index < -0.39 is 5.60 Å². The number of carbonyl (C=O) groups excluding carboxylic acids is 1. The van der Waals surface area contributed by atoms with E-state index in [-0.39, 0.29) is 12.0 Å². The van der Waals surface area contributed by atoms with Gasteiger partial charge in [-0.3, -0.25) is 4.79 Å². The van der Waals surface area contributed by atoms with Crippen molar-refractivity contribution in [3.8, 4) is 5.75 Å². The Kier molecular flexibility index (Phi) is 9.99. The van der Waals surface area contributed by atoms with Gasteiger partial charge in [0.15, 0.2) is 0 Å². The Hall–Kier alpha value is -1.30. The van der Waals surface area contributed by atoms with E-state index in [4.69, 9.17) is 25.8 Å². The van der Waals surface area contributed by atoms with E-state index in [1.807, 2.05) is 20.8 Å². The van der Waals surface area contributed by atoms with Gasteiger partial charge in [0.1, 0.15) is 17.5 Å². The smallest absolute Gasteiger partial charge is 0.256 e. The Labute approximate surface area is 162 Å². The van der Waals surface area contributed by atoms with E-state index >= 15 is 0 Å². The van der Waals surface area contributed by atoms with Crippen molar-refractivity contribution in [3.05, 3.63) is 23.2 Å². The zero-order chi connectivity index (χ0) is 19.6. The van der Waals surface area contributed by atoms with E-state index in [0.29, 0.717) is 36.1 Å². The Morgan fingerprint density at radius 2 is 2.04 bits per heavy atom. The van der Waals surface area contributed by atoms with Crippen molar-refractivity contribution in [1.82, 2.24) is 0 Å². The monoisotopic (exact) mass is 385 g/mol. The Morgan fingerprint density at radius 3 is 2.62 bits per heavy atom. The first-order valence-corrected chi connectivity index (χ1v) is 9.64. The maximum atomic E-state index is 12.8. The number of methoxy groups -OCH3 is 1. The summed E-state index contributed by atoms with van der Waals surface area (Å²) in [6.07, 6.45) is 3.37. The summed E-state index contributed by atoms with van der Waals surface area (Å²) in [6, 6.07) is 5.22. The predicted molar refractivity (Wildman–Crippen MR) is 106 cm³/mol. The van der Waals surface area contributed by atoms with Crippen LogP contribution in [0.1, 0.15) is 53.4 Å². The van der Waals surface area contributed by atoms with Gasteiger partial charge in [0.25, 0.3) is 5.91 Å². The molecule has 6 heteroatoms. The quantitative estimate of drug-likeness (QED) is 0.545. The number of halogens is 1. The summed E-state index contributed by atoms with van der Waals surface area (Å²) in [5.41, 5.74) is -0.227. The van der Waals surface area contributed by atoms with Crippen molar-refractivity contribution in [2.75, 3.05) is 25.6 Å². The largest absolute Gasteiger partial charge is 0.487 e. The van der Waals surface area contributed by atoms with Gasteiger partial charge >= 0.3 is 0 Å². The molecule has 0 aliphatic carbocycles. The standard InChI is InChI=1S/C20H32ClNO4/c1-6-8-11-20(4,25-12-7-2)19(23)22-16-9-10-18(17(21)13-16)26-15(3)14-24-5/h9-10,13,15H,6-8,11-12,14H2,1-5H3,(H,22,23). The first kappa shape index (κ1) is 22.7. The Balaban J connectivity index is 2.81. The van der Waals surface area contributed by atoms with Gasteiger partial charge in [0.05, 0.1) is 11.6 Å². The van der Waals surface area contributed by atoms with Crippen LogP contribution in [0.5, 0.6) is 5.75 Å². The van der Waals surface area contributed by atoms with Crippen LogP contribution >= 0.6 is 11.6 Å². The Bertz CT molecular complexity index is 557. The molecule has 0 saturated heterocycles. The normalized spacial score (nSPS) is 14.5. The lowest BCUT2D eigenvalue weighted by atomic mass is 9.97. The van der Waals surface area contributed by atoms with Gasteiger partial charge in [0.2, 0.25) is 0 Å². The average molecular weight is 386 g/mol. The molecule has 1 rings (SSSR count). The lowest BCUT2D eigenvalue weighted by Crippen LogP contribution is -2.43. The number of hydrogen-bond acceptors (Lipinski definition) is 4. The maximum Gasteiger partial charge on any atom is 0.256 e. The van der Waals surface area contributed by atoms with Crippen LogP contribution in [0, 0.1) is 0 Å². The molecule has 1 aromatic rings. The van der Waals surface area contributed by atoms with Gasteiger partial charge in [-0.2, -0.15) is 0 Å². The summed E-state index contributed by atoms with van der Waals surface area (Å²) < 4.78 is 16.6. The first-order valence-electron chi connectivity index (χ1n) is 9.26. The molecule has 0 aliphatic rings. The number of rotatable bonds is 12. The number of benzene rings is 1. The van der Waals surface area contributed by atoms with Gasteiger partial charge in [-0.1, -0.05) is 38.3 Å². The molecular formula is C20H32ClNO4. The molecule has 148 valence electrons. The molecule has 0 radical (unpaired) electrons. The molecule has 0 aromatic heterocycles. The molecular weight excluding hydrogens is 354 g/mol. The van der Waals surface area contributed by atoms with Gasteiger partial charge in [-0.05, 0) is 44.9 Å². The zero-order valence-electron chi connectivity index (χ0n) is 16.6. The van der Waals surface area contributed by atoms with Crippen molar-refractivity contribution in [3.63, 3.8) is 0 Å². The highest BCUT2D eigenvalue weighted by Crippen LogP contribution is 2.30. The number of amides is 1. The molecule has 0 fully saturated rings. The maximum absolute atomic E-state index is 12.8. The SMILES string of the molecule is CCCCC(C)(OCCC)C(=O)Nc1ccc(OC(C)COC)c(Cl)c1. The van der Waals surface area contributed by atoms with Gasteiger partial charge in [-0.15, -0.1) is 0 Å². The fourth-order valence-corrected chi connectivity index (χ4v) is 2.74. The number of nitrogens with one attached hydrogen (secondary N) is 1. The molecule has 0 aliphatic heterocycles. The highest BCUT2D eigenvalue weighted by molar-refractivity contribution is 6.32. The number of hydrogen-bond donors (Lipinski definition) is 1. The Morgan fingerprint density at radius 1 is 1.31 bits per heavy atom. The number of carbonyl (C=O) groups is 1. The van der Waals surface area contributed by atoms with E-state index in [2.05, 4.69) is 12.2 Å². The minimum atomic E-state index is -0.847. The van der Waals surface area contributed by atoms with Crippen LogP contribution in [0.2, 0.25) is 5.02 Å². The van der Waals surface area contributed by atoms with Crippen molar-refractivity contribution in [1.29, 1.82) is 0 Å². The number of anilines is 1. The number of unbranched alkanes of at least 4 members (excludes halogenated alkanes) is 1. The average Bonchev–Trinajstić information content (AvgIpc) is 2.60. The van der Waals surface area contributed by atoms with Crippen LogP contribution in [0.25, 0.3) is 0 Å². The second-order valence-corrected chi connectivity index (χ2v) is 7.07. The molecule has 0 saturated carbocycles. The zero-order valence-corrected chi connectivity index (χ0v) is 17.3. The predicted octanol–water partition coefficient (Wildman–Crippen LogP) is 5.07. The van der Waals surface area contributed by atoms with E-state index in [0.717, 1.165) is 19.3 Å². The van der Waals surface area contributed by atoms with Crippen LogP contribution < -0.4 is 10.1 Å². The molecule has 0 spiro atoms. The highest BCUT2D eigenvalue weighted by atomic mass is 35.5. The fourth-order valence-electron chi connectivity index (χ4n) is 2.52. The molecule has 5 nitrogen and oxygen atoms in total. The van der Waals surface area contributed by atoms with Gasteiger partial charge in [0, 0.05) is 19.4 Å².